The smallest absolute Gasteiger partial charge is 0.305 e. The second-order valence-corrected chi connectivity index (χ2v) is 30.0. The third-order valence-electron chi connectivity index (χ3n) is 18.2. The third-order valence-corrected chi connectivity index (χ3v) is 18.2. The van der Waals surface area contributed by atoms with Crippen molar-refractivity contribution in [2.75, 3.05) is 0 Å². The summed E-state index contributed by atoms with van der Waals surface area (Å²) in [5.41, 5.74) is 14.8. The van der Waals surface area contributed by atoms with Gasteiger partial charge >= 0.3 is 52.6 Å². The Morgan fingerprint density at radius 2 is 0.470 bits per heavy atom. The van der Waals surface area contributed by atoms with E-state index in [0.717, 1.165) is 106 Å². The number of hydrogen-bond acceptors (Lipinski definition) is 10. The second kappa shape index (κ2) is 53.8. The van der Waals surface area contributed by atoms with Crippen molar-refractivity contribution < 1.29 is 113 Å². The molecule has 10 nitrogen and oxygen atoms in total. The van der Waals surface area contributed by atoms with Gasteiger partial charge in [0.25, 0.3) is 0 Å². The fraction of sp³-hybridized carbons (Fsp3) is 0.101. The molecule has 0 aliphatic carbocycles. The van der Waals surface area contributed by atoms with E-state index in [1.807, 2.05) is 128 Å². The van der Waals surface area contributed by atoms with E-state index in [9.17, 15) is 52.7 Å². The predicted octanol–water partition coefficient (Wildman–Crippen LogP) is 28.3. The molecule has 0 fully saturated rings. The van der Waals surface area contributed by atoms with Gasteiger partial charge in [-0.3, -0.25) is 36.3 Å². The minimum Gasteiger partial charge on any atom is -0.305 e. The first-order chi connectivity index (χ1) is 62.9. The molecular weight excluding hydrogens is 2250 g/mol. The van der Waals surface area contributed by atoms with Crippen LogP contribution < -0.4 is 0 Å². The van der Waals surface area contributed by atoms with E-state index in [4.69, 9.17) is 0 Å². The van der Waals surface area contributed by atoms with Crippen molar-refractivity contribution in [1.82, 2.24) is 49.8 Å². The zero-order valence-electron chi connectivity index (χ0n) is 72.7. The molecule has 0 atom stereocenters. The van der Waals surface area contributed by atoms with Gasteiger partial charge in [-0.1, -0.05) is 180 Å². The monoisotopic (exact) mass is 2340 g/mol. The Morgan fingerprint density at radius 3 is 0.679 bits per heavy atom. The quantitative estimate of drug-likeness (QED) is 0.102. The first-order valence-electron chi connectivity index (χ1n) is 40.4. The van der Waals surface area contributed by atoms with Crippen LogP contribution in [0.2, 0.25) is 0 Å². The molecule has 0 saturated heterocycles. The molecule has 1 radical (unpaired) electrons. The van der Waals surface area contributed by atoms with Crippen LogP contribution >= 0.6 is 0 Å². The summed E-state index contributed by atoms with van der Waals surface area (Å²) in [7, 11) is 0. The van der Waals surface area contributed by atoms with Gasteiger partial charge in [0, 0.05) is 117 Å². The van der Waals surface area contributed by atoms with Crippen LogP contribution in [0.1, 0.15) is 69.4 Å². The van der Waals surface area contributed by atoms with Gasteiger partial charge in [-0.2, -0.15) is 26.3 Å². The summed E-state index contributed by atoms with van der Waals surface area (Å²) < 4.78 is 151. The Bertz CT molecular complexity index is 5920. The molecule has 0 saturated carbocycles. The molecule has 18 rings (SSSR count). The maximum atomic E-state index is 13.2. The van der Waals surface area contributed by atoms with Crippen molar-refractivity contribution >= 4 is 0 Å². The van der Waals surface area contributed by atoms with Crippen LogP contribution in [0, 0.1) is 90.4 Å². The number of pyridine rings is 10. The van der Waals surface area contributed by atoms with Gasteiger partial charge in [-0.05, 0) is 151 Å². The van der Waals surface area contributed by atoms with E-state index in [0.29, 0.717) is 39.6 Å². The summed E-state index contributed by atoms with van der Waals surface area (Å²) in [5, 5.41) is 0. The van der Waals surface area contributed by atoms with E-state index in [2.05, 4.69) is 177 Å². The number of aromatic nitrogens is 10. The molecule has 0 bridgehead atoms. The minimum atomic E-state index is -4.32. The number of hydrogen-bond donors (Lipinski definition) is 0. The molecule has 134 heavy (non-hydrogen) atoms. The fourth-order valence-corrected chi connectivity index (χ4v) is 11.4. The summed E-state index contributed by atoms with van der Waals surface area (Å²) in [6.07, 6.45) is 8.29. The van der Waals surface area contributed by atoms with Gasteiger partial charge in [-0.15, -0.1) is 203 Å². The molecule has 0 spiro atoms. The molecule has 0 amide bonds. The standard InChI is InChI=1S/C18H24N2.2C12H7F3N.C12H10N.3C11H6F2N.2C11H8N.3Ir/c1-17(2,3)13-7-9-19-15(11-13)16-12-14(8-10-20-16)18(4,5)6;2*13-12(14,15)10-6-4-9(5-7-10)11-3-1-2-8-16-11;1-10-5-7-11(8-6-10)12-4-2-3-9-13-12;3*12-8-4-5-9(10(13)7-8)11-3-1-2-6-14-11;2*1-2-6-10(7-3-1)11-8-4-5-9-12-11;;;/h7-12H,1-6H3;2*1-4,6-8H;2-7,9H,1H3;3*1-4,6-7H;2*1-6,8-9H;;;/q;8*-1;;2*+3. The van der Waals surface area contributed by atoms with Crippen molar-refractivity contribution in [3.63, 3.8) is 0 Å². The molecule has 0 N–H and O–H groups in total. The Hall–Kier alpha value is -13.6. The van der Waals surface area contributed by atoms with Crippen molar-refractivity contribution in [2.45, 2.75) is 71.6 Å². The minimum absolute atomic E-state index is 0. The number of aryl methyl sites for hydroxylation is 1. The molecule has 0 unspecified atom stereocenters. The zero-order valence-corrected chi connectivity index (χ0v) is 79.9. The number of nitrogens with zero attached hydrogens (tertiary/aromatic N) is 10. The van der Waals surface area contributed by atoms with Gasteiger partial charge in [0.2, 0.25) is 0 Å². The summed E-state index contributed by atoms with van der Waals surface area (Å²) in [5.74, 6) is -3.86. The fourth-order valence-electron chi connectivity index (χ4n) is 11.4. The van der Waals surface area contributed by atoms with Gasteiger partial charge < -0.3 is 39.9 Å². The Morgan fingerprint density at radius 1 is 0.224 bits per heavy atom. The maximum absolute atomic E-state index is 13.2. The van der Waals surface area contributed by atoms with Crippen LogP contribution in [0.3, 0.4) is 0 Å². The van der Waals surface area contributed by atoms with Crippen molar-refractivity contribution in [3.05, 3.63) is 483 Å². The van der Waals surface area contributed by atoms with Crippen LogP contribution in [0.25, 0.3) is 101 Å². The van der Waals surface area contributed by atoms with Crippen molar-refractivity contribution in [2.24, 2.45) is 0 Å². The van der Waals surface area contributed by atoms with Crippen LogP contribution in [-0.2, 0) is 83.5 Å². The van der Waals surface area contributed by atoms with E-state index in [-0.39, 0.29) is 87.8 Å². The van der Waals surface area contributed by atoms with Gasteiger partial charge in [0.1, 0.15) is 0 Å². The third kappa shape index (κ3) is 35.2. The summed E-state index contributed by atoms with van der Waals surface area (Å²) in [6.45, 7) is 15.3. The molecule has 25 heteroatoms. The van der Waals surface area contributed by atoms with Crippen LogP contribution in [0.5, 0.6) is 0 Å². The second-order valence-electron chi connectivity index (χ2n) is 30.0. The zero-order chi connectivity index (χ0) is 93.6. The Balaban J connectivity index is 0.000000206. The maximum Gasteiger partial charge on any atom is 3.00 e. The van der Waals surface area contributed by atoms with Crippen molar-refractivity contribution in [3.8, 4) is 101 Å². The number of benzene rings is 8. The molecule has 10 aromatic heterocycles. The summed E-state index contributed by atoms with van der Waals surface area (Å²) in [4.78, 5) is 41.5. The Labute approximate surface area is 812 Å². The van der Waals surface area contributed by atoms with Crippen molar-refractivity contribution in [1.29, 1.82) is 0 Å². The van der Waals surface area contributed by atoms with E-state index < -0.39 is 58.4 Å². The molecule has 18 aromatic rings. The molecule has 8 aromatic carbocycles. The van der Waals surface area contributed by atoms with Gasteiger partial charge in [-0.25, -0.2) is 0 Å². The summed E-state index contributed by atoms with van der Waals surface area (Å²) >= 11 is 0. The van der Waals surface area contributed by atoms with Gasteiger partial charge in [0.15, 0.2) is 0 Å². The van der Waals surface area contributed by atoms with E-state index >= 15 is 0 Å². The van der Waals surface area contributed by atoms with E-state index in [1.165, 1.54) is 28.8 Å². The van der Waals surface area contributed by atoms with Gasteiger partial charge in [0.05, 0.1) is 11.4 Å². The number of halogens is 12. The normalized spacial score (nSPS) is 10.5. The predicted molar refractivity (Wildman–Crippen MR) is 487 cm³/mol. The molecule has 0 aliphatic heterocycles. The van der Waals surface area contributed by atoms with Crippen LogP contribution in [0.4, 0.5) is 52.7 Å². The average Bonchev–Trinajstić information content (AvgIpc) is 0.789. The topological polar surface area (TPSA) is 129 Å². The SMILES string of the molecule is CC(C)(C)c1ccnc(-c2cc(C(C)(C)C)ccn2)c1.Cc1c[c-]c(-c2ccccn2)cc1.FC(F)(F)c1c[c-]c(-c2ccccn2)cc1.FC(F)(F)c1c[c-]c(-c2ccccn2)cc1.Fc1c[c-]c(-c2ccccn2)c(F)c1.Fc1c[c-]c(-c2ccccn2)c(F)c1.Fc1c[c-]c(-c2ccccn2)c(F)c1.[Ir+3].[Ir+3].[Ir].[c-]1ccccc1-c1ccccn1.[c-]1ccccc1-c1ccccn1. The first-order valence-corrected chi connectivity index (χ1v) is 40.4. The van der Waals surface area contributed by atoms with E-state index in [1.54, 1.807) is 141 Å². The Kier molecular flexibility index (Phi) is 43.1. The molecule has 681 valence electrons. The largest absolute Gasteiger partial charge is 3.00 e. The first kappa shape index (κ1) is 107. The van der Waals surface area contributed by atoms with Crippen LogP contribution in [-0.4, -0.2) is 49.8 Å². The van der Waals surface area contributed by atoms with Crippen LogP contribution in [0.15, 0.2) is 371 Å². The number of rotatable bonds is 9. The average molecular weight is 2340 g/mol. The number of alkyl halides is 6. The summed E-state index contributed by atoms with van der Waals surface area (Å²) in [6, 6.07) is 108. The molecule has 0 aliphatic rings. The molecule has 10 heterocycles. The molecular formula is C109H82F12Ir3N10-2.